The Morgan fingerprint density at radius 1 is 1.17 bits per heavy atom. The largest absolute Gasteiger partial charge is 0.469 e. The number of rotatable bonds is 14. The van der Waals surface area contributed by atoms with Crippen LogP contribution in [0.3, 0.4) is 0 Å². The second-order valence-corrected chi connectivity index (χ2v) is 7.45. The lowest BCUT2D eigenvalue weighted by Gasteiger charge is -2.01. The zero-order valence-electron chi connectivity index (χ0n) is 14.8. The number of carbonyl (C=O) groups is 1. The van der Waals surface area contributed by atoms with E-state index < -0.39 is 0 Å². The molecule has 1 saturated heterocycles. The summed E-state index contributed by atoms with van der Waals surface area (Å²) in [7, 11) is 1.45. The first kappa shape index (κ1) is 20.7. The zero-order chi connectivity index (χ0) is 16.9. The number of carbonyl (C=O) groups excluding carboxylic acids is 1. The number of allylic oxidation sites excluding steroid dienone is 1. The highest BCUT2D eigenvalue weighted by Gasteiger charge is 2.41. The van der Waals surface area contributed by atoms with E-state index in [2.05, 4.69) is 39.7 Å². The molecule has 0 amide bonds. The van der Waals surface area contributed by atoms with Gasteiger partial charge in [0.15, 0.2) is 0 Å². The monoisotopic (exact) mass is 388 g/mol. The highest BCUT2D eigenvalue weighted by atomic mass is 79.9. The standard InChI is InChI=1S/C19H33BrO3/c1-3-4-10-14-17-19(23-17)16(20)13-11-8-6-5-7-9-12-15-18(21)22-2/h11,13,16-17,19H,3-10,12,14-15H2,1-2H3. The van der Waals surface area contributed by atoms with Crippen LogP contribution in [0.1, 0.15) is 77.6 Å². The number of unbranched alkanes of at least 4 members (excludes halogenated alkanes) is 7. The molecule has 1 aliphatic rings. The van der Waals surface area contributed by atoms with Crippen LogP contribution in [0.2, 0.25) is 0 Å². The number of ether oxygens (including phenoxy) is 2. The second-order valence-electron chi connectivity index (χ2n) is 6.39. The molecule has 3 unspecified atom stereocenters. The van der Waals surface area contributed by atoms with Crippen LogP contribution in [0.25, 0.3) is 0 Å². The van der Waals surface area contributed by atoms with Gasteiger partial charge >= 0.3 is 5.97 Å². The van der Waals surface area contributed by atoms with Crippen LogP contribution in [0.5, 0.6) is 0 Å². The van der Waals surface area contributed by atoms with E-state index in [1.807, 2.05) is 0 Å². The zero-order valence-corrected chi connectivity index (χ0v) is 16.4. The van der Waals surface area contributed by atoms with Gasteiger partial charge in [-0.05, 0) is 25.7 Å². The summed E-state index contributed by atoms with van der Waals surface area (Å²) >= 11 is 3.72. The van der Waals surface area contributed by atoms with E-state index in [0.29, 0.717) is 23.5 Å². The molecule has 23 heavy (non-hydrogen) atoms. The van der Waals surface area contributed by atoms with Crippen LogP contribution in [0, 0.1) is 0 Å². The Morgan fingerprint density at radius 3 is 2.65 bits per heavy atom. The molecule has 0 bridgehead atoms. The Kier molecular flexibility index (Phi) is 11.7. The van der Waals surface area contributed by atoms with Gasteiger partial charge in [-0.15, -0.1) is 0 Å². The van der Waals surface area contributed by atoms with Crippen LogP contribution < -0.4 is 0 Å². The molecule has 1 rings (SSSR count). The van der Waals surface area contributed by atoms with Gasteiger partial charge in [-0.1, -0.05) is 73.5 Å². The summed E-state index contributed by atoms with van der Waals surface area (Å²) in [5.74, 6) is -0.0911. The van der Waals surface area contributed by atoms with Crippen LogP contribution in [-0.4, -0.2) is 30.1 Å². The summed E-state index contributed by atoms with van der Waals surface area (Å²) in [5.41, 5.74) is 0. The highest BCUT2D eigenvalue weighted by molar-refractivity contribution is 9.09. The number of hydrogen-bond acceptors (Lipinski definition) is 3. The predicted molar refractivity (Wildman–Crippen MR) is 99.0 cm³/mol. The van der Waals surface area contributed by atoms with Crippen molar-refractivity contribution in [3.05, 3.63) is 12.2 Å². The van der Waals surface area contributed by atoms with Gasteiger partial charge in [0.25, 0.3) is 0 Å². The molecule has 0 saturated carbocycles. The maximum Gasteiger partial charge on any atom is 0.305 e. The van der Waals surface area contributed by atoms with Crippen molar-refractivity contribution in [3.63, 3.8) is 0 Å². The number of halogens is 1. The SMILES string of the molecule is CCCCCC1OC1C(Br)C=CCCCCCCCC(=O)OC. The Hall–Kier alpha value is -0.350. The summed E-state index contributed by atoms with van der Waals surface area (Å²) in [6.45, 7) is 2.24. The third kappa shape index (κ3) is 10.2. The maximum absolute atomic E-state index is 11.0. The van der Waals surface area contributed by atoms with Gasteiger partial charge in [0.1, 0.15) is 6.10 Å². The van der Waals surface area contributed by atoms with Gasteiger partial charge in [-0.2, -0.15) is 0 Å². The average molecular weight is 389 g/mol. The fraction of sp³-hybridized carbons (Fsp3) is 0.842. The molecule has 0 aliphatic carbocycles. The van der Waals surface area contributed by atoms with E-state index in [1.165, 1.54) is 52.1 Å². The Labute approximate surface area is 150 Å². The van der Waals surface area contributed by atoms with Gasteiger partial charge < -0.3 is 9.47 Å². The molecule has 134 valence electrons. The van der Waals surface area contributed by atoms with E-state index >= 15 is 0 Å². The number of alkyl halides is 1. The van der Waals surface area contributed by atoms with Gasteiger partial charge in [0, 0.05) is 6.42 Å². The molecule has 1 aliphatic heterocycles. The normalized spacial score (nSPS) is 21.5. The van der Waals surface area contributed by atoms with Gasteiger partial charge in [-0.3, -0.25) is 4.79 Å². The predicted octanol–water partition coefficient (Wildman–Crippen LogP) is 5.56. The van der Waals surface area contributed by atoms with Crippen molar-refractivity contribution in [2.45, 2.75) is 94.6 Å². The molecular formula is C19H33BrO3. The summed E-state index contributed by atoms with van der Waals surface area (Å²) < 4.78 is 10.4. The Bertz CT molecular complexity index is 344. The van der Waals surface area contributed by atoms with Crippen LogP contribution >= 0.6 is 15.9 Å². The quantitative estimate of drug-likeness (QED) is 0.128. The smallest absolute Gasteiger partial charge is 0.305 e. The summed E-state index contributed by atoms with van der Waals surface area (Å²) in [5, 5.41) is 0. The van der Waals surface area contributed by atoms with E-state index in [0.717, 1.165) is 19.3 Å². The van der Waals surface area contributed by atoms with Crippen LogP contribution in [0.15, 0.2) is 12.2 Å². The van der Waals surface area contributed by atoms with Crippen LogP contribution in [-0.2, 0) is 14.3 Å². The molecule has 1 fully saturated rings. The molecule has 0 aromatic heterocycles. The van der Waals surface area contributed by atoms with E-state index in [1.54, 1.807) is 0 Å². The number of esters is 1. The molecule has 4 heteroatoms. The molecule has 0 aromatic carbocycles. The topological polar surface area (TPSA) is 38.8 Å². The first-order valence-corrected chi connectivity index (χ1v) is 10.1. The van der Waals surface area contributed by atoms with Crippen molar-refractivity contribution in [3.8, 4) is 0 Å². The third-order valence-electron chi connectivity index (χ3n) is 4.33. The van der Waals surface area contributed by atoms with Crippen molar-refractivity contribution < 1.29 is 14.3 Å². The Morgan fingerprint density at radius 2 is 1.91 bits per heavy atom. The fourth-order valence-electron chi connectivity index (χ4n) is 2.76. The van der Waals surface area contributed by atoms with Crippen molar-refractivity contribution in [1.29, 1.82) is 0 Å². The molecule has 0 N–H and O–H groups in total. The van der Waals surface area contributed by atoms with E-state index in [9.17, 15) is 4.79 Å². The number of hydrogen-bond donors (Lipinski definition) is 0. The van der Waals surface area contributed by atoms with Crippen LogP contribution in [0.4, 0.5) is 0 Å². The maximum atomic E-state index is 11.0. The first-order chi connectivity index (χ1) is 11.2. The Balaban J connectivity index is 1.91. The highest BCUT2D eigenvalue weighted by Crippen LogP contribution is 2.34. The van der Waals surface area contributed by atoms with Gasteiger partial charge in [0.2, 0.25) is 0 Å². The minimum absolute atomic E-state index is 0.0911. The van der Waals surface area contributed by atoms with Gasteiger partial charge in [0.05, 0.1) is 18.0 Å². The molecule has 0 radical (unpaired) electrons. The third-order valence-corrected chi connectivity index (χ3v) is 5.15. The lowest BCUT2D eigenvalue weighted by atomic mass is 10.1. The summed E-state index contributed by atoms with van der Waals surface area (Å²) in [6, 6.07) is 0. The summed E-state index contributed by atoms with van der Waals surface area (Å²) in [6.07, 6.45) is 17.9. The second kappa shape index (κ2) is 13.0. The van der Waals surface area contributed by atoms with Crippen molar-refractivity contribution in [1.82, 2.24) is 0 Å². The molecule has 0 spiro atoms. The van der Waals surface area contributed by atoms with Crippen molar-refractivity contribution in [2.24, 2.45) is 0 Å². The average Bonchev–Trinajstić information content (AvgIpc) is 3.32. The minimum Gasteiger partial charge on any atom is -0.469 e. The fourth-order valence-corrected chi connectivity index (χ4v) is 3.44. The molecule has 0 aromatic rings. The van der Waals surface area contributed by atoms with E-state index in [4.69, 9.17) is 4.74 Å². The molecular weight excluding hydrogens is 356 g/mol. The molecule has 3 atom stereocenters. The molecule has 1 heterocycles. The molecule has 3 nitrogen and oxygen atoms in total. The number of epoxide rings is 1. The van der Waals surface area contributed by atoms with Gasteiger partial charge in [-0.25, -0.2) is 0 Å². The van der Waals surface area contributed by atoms with Crippen molar-refractivity contribution in [2.75, 3.05) is 7.11 Å². The minimum atomic E-state index is -0.0911. The lowest BCUT2D eigenvalue weighted by Crippen LogP contribution is -2.06. The first-order valence-electron chi connectivity index (χ1n) is 9.22. The lowest BCUT2D eigenvalue weighted by molar-refractivity contribution is -0.140. The summed E-state index contributed by atoms with van der Waals surface area (Å²) in [4.78, 5) is 11.3. The number of methoxy groups -OCH3 is 1. The van der Waals surface area contributed by atoms with E-state index in [-0.39, 0.29) is 5.97 Å². The van der Waals surface area contributed by atoms with Crippen molar-refractivity contribution >= 4 is 21.9 Å².